The minimum atomic E-state index is -0.594. The van der Waals surface area contributed by atoms with Gasteiger partial charge in [-0.15, -0.1) is 0 Å². The van der Waals surface area contributed by atoms with E-state index in [0.29, 0.717) is 27.4 Å². The summed E-state index contributed by atoms with van der Waals surface area (Å²) in [6.07, 6.45) is 6.46. The number of aromatic nitrogens is 4. The Balaban J connectivity index is 1.52. The maximum absolute atomic E-state index is 13.8. The molecule has 4 aromatic rings. The van der Waals surface area contributed by atoms with Crippen LogP contribution in [-0.4, -0.2) is 48.1 Å². The number of carbonyl (C=O) groups is 1. The maximum Gasteiger partial charge on any atom is 0.410 e. The monoisotopic (exact) mass is 585 g/mol. The summed E-state index contributed by atoms with van der Waals surface area (Å²) in [6.45, 7) is 12.2. The molecule has 1 atom stereocenters. The van der Waals surface area contributed by atoms with E-state index in [2.05, 4.69) is 31.1 Å². The van der Waals surface area contributed by atoms with Crippen LogP contribution in [0.1, 0.15) is 70.3 Å². The topological polar surface area (TPSA) is 112 Å². The largest absolute Gasteiger partial charge is 0.444 e. The van der Waals surface area contributed by atoms with Gasteiger partial charge in [-0.05, 0) is 78.6 Å². The van der Waals surface area contributed by atoms with Crippen molar-refractivity contribution in [1.29, 1.82) is 10.5 Å². The Hall–Kier alpha value is -4.35. The van der Waals surface area contributed by atoms with Gasteiger partial charge in [-0.3, -0.25) is 4.68 Å². The molecular formula is C31H32FN7O2S. The van der Waals surface area contributed by atoms with Crippen LogP contribution in [-0.2, 0) is 4.74 Å². The Morgan fingerprint density at radius 3 is 2.55 bits per heavy atom. The number of likely N-dealkylation sites (tertiary alicyclic amines) is 1. The molecule has 9 nitrogen and oxygen atoms in total. The summed E-state index contributed by atoms with van der Waals surface area (Å²) < 4.78 is 23.1. The predicted octanol–water partition coefficient (Wildman–Crippen LogP) is 6.89. The van der Waals surface area contributed by atoms with Crippen LogP contribution >= 0.6 is 11.8 Å². The number of fused-ring (bicyclic) bond motifs is 1. The summed E-state index contributed by atoms with van der Waals surface area (Å²) in [4.78, 5) is 16.2. The van der Waals surface area contributed by atoms with Crippen molar-refractivity contribution >= 4 is 23.4 Å². The van der Waals surface area contributed by atoms with Crippen LogP contribution in [0.3, 0.4) is 0 Å². The SMILES string of the molecule is Cc1c(-c2cc(Sc3ccc(F)cc3C#N)c3c(C#N)cnn3c2)cnn1C1CCC(C)(C)N(C(=O)OC(C)(C)C)C1. The highest BCUT2D eigenvalue weighted by molar-refractivity contribution is 7.99. The molecule has 3 aromatic heterocycles. The molecule has 1 amide bonds. The van der Waals surface area contributed by atoms with Crippen molar-refractivity contribution in [2.45, 2.75) is 81.4 Å². The lowest BCUT2D eigenvalue weighted by atomic mass is 9.88. The van der Waals surface area contributed by atoms with Crippen molar-refractivity contribution in [2.24, 2.45) is 0 Å². The smallest absolute Gasteiger partial charge is 0.410 e. The Bertz CT molecular complexity index is 1770. The molecule has 0 aliphatic carbocycles. The molecule has 216 valence electrons. The van der Waals surface area contributed by atoms with E-state index in [1.54, 1.807) is 21.7 Å². The van der Waals surface area contributed by atoms with Gasteiger partial charge in [-0.2, -0.15) is 20.7 Å². The van der Waals surface area contributed by atoms with Gasteiger partial charge in [0.05, 0.1) is 35.1 Å². The molecule has 42 heavy (non-hydrogen) atoms. The first-order valence-electron chi connectivity index (χ1n) is 13.7. The number of hydrogen-bond acceptors (Lipinski definition) is 7. The first kappa shape index (κ1) is 29.2. The predicted molar refractivity (Wildman–Crippen MR) is 156 cm³/mol. The molecule has 0 spiro atoms. The van der Waals surface area contributed by atoms with Gasteiger partial charge in [0.1, 0.15) is 23.6 Å². The van der Waals surface area contributed by atoms with Gasteiger partial charge in [-0.25, -0.2) is 13.7 Å². The zero-order valence-corrected chi connectivity index (χ0v) is 25.3. The van der Waals surface area contributed by atoms with Crippen LogP contribution in [0.2, 0.25) is 0 Å². The molecule has 5 rings (SSSR count). The fraction of sp³-hybridized carbons (Fsp3) is 0.387. The Labute approximate surface area is 248 Å². The summed E-state index contributed by atoms with van der Waals surface area (Å²) in [5.74, 6) is -0.490. The molecule has 1 aromatic carbocycles. The summed E-state index contributed by atoms with van der Waals surface area (Å²) in [5.41, 5.74) is 2.88. The van der Waals surface area contributed by atoms with Crippen molar-refractivity contribution < 1.29 is 13.9 Å². The third-order valence-corrected chi connectivity index (χ3v) is 8.62. The van der Waals surface area contributed by atoms with Gasteiger partial charge in [0.2, 0.25) is 0 Å². The number of benzene rings is 1. The second-order valence-electron chi connectivity index (χ2n) is 12.1. The molecule has 0 N–H and O–H groups in total. The highest BCUT2D eigenvalue weighted by Crippen LogP contribution is 2.39. The van der Waals surface area contributed by atoms with Crippen molar-refractivity contribution in [3.8, 4) is 23.3 Å². The minimum absolute atomic E-state index is 0.0378. The third-order valence-electron chi connectivity index (χ3n) is 7.51. The van der Waals surface area contributed by atoms with Crippen molar-refractivity contribution in [3.63, 3.8) is 0 Å². The van der Waals surface area contributed by atoms with Crippen LogP contribution in [0.15, 0.2) is 52.6 Å². The molecule has 1 aliphatic rings. The number of hydrogen-bond donors (Lipinski definition) is 0. The number of carbonyl (C=O) groups excluding carboxylic acids is 1. The summed E-state index contributed by atoms with van der Waals surface area (Å²) in [7, 11) is 0. The molecule has 1 aliphatic heterocycles. The van der Waals surface area contributed by atoms with E-state index in [9.17, 15) is 19.7 Å². The first-order valence-corrected chi connectivity index (χ1v) is 14.5. The van der Waals surface area contributed by atoms with Gasteiger partial charge in [0.25, 0.3) is 0 Å². The molecule has 0 radical (unpaired) electrons. The normalized spacial score (nSPS) is 16.7. The minimum Gasteiger partial charge on any atom is -0.444 e. The maximum atomic E-state index is 13.8. The lowest BCUT2D eigenvalue weighted by molar-refractivity contribution is -0.0156. The van der Waals surface area contributed by atoms with Gasteiger partial charge in [-0.1, -0.05) is 11.8 Å². The summed E-state index contributed by atoms with van der Waals surface area (Å²) in [5, 5.41) is 28.5. The lowest BCUT2D eigenvalue weighted by Gasteiger charge is -2.45. The quantitative estimate of drug-likeness (QED) is 0.256. The molecular weight excluding hydrogens is 553 g/mol. The van der Waals surface area contributed by atoms with Crippen molar-refractivity contribution in [3.05, 3.63) is 65.5 Å². The molecule has 4 heterocycles. The number of halogens is 1. The lowest BCUT2D eigenvalue weighted by Crippen LogP contribution is -2.54. The summed E-state index contributed by atoms with van der Waals surface area (Å²) in [6, 6.07) is 10.2. The molecule has 0 bridgehead atoms. The number of nitriles is 2. The third kappa shape index (κ3) is 5.57. The fourth-order valence-electron chi connectivity index (χ4n) is 5.31. The van der Waals surface area contributed by atoms with E-state index >= 15 is 0 Å². The number of pyridine rings is 1. The van der Waals surface area contributed by atoms with E-state index in [-0.39, 0.29) is 23.2 Å². The fourth-order valence-corrected chi connectivity index (χ4v) is 6.38. The number of piperidine rings is 1. The molecule has 0 saturated carbocycles. The zero-order chi connectivity index (χ0) is 30.4. The highest BCUT2D eigenvalue weighted by Gasteiger charge is 2.40. The number of amides is 1. The van der Waals surface area contributed by atoms with E-state index in [0.717, 1.165) is 29.7 Å². The Morgan fingerprint density at radius 1 is 1.12 bits per heavy atom. The number of rotatable bonds is 4. The van der Waals surface area contributed by atoms with Crippen LogP contribution < -0.4 is 0 Å². The average Bonchev–Trinajstić information content (AvgIpc) is 3.51. The van der Waals surface area contributed by atoms with Gasteiger partial charge >= 0.3 is 6.09 Å². The van der Waals surface area contributed by atoms with E-state index in [1.165, 1.54) is 30.1 Å². The second kappa shape index (κ2) is 10.8. The standard InChI is InChI=1S/C31H32FN7O2S/c1-19-25(16-36-39(19)24-9-10-31(5,6)37(18-24)29(40)41-30(2,3)4)21-12-27(28-22(14-34)15-35-38(28)17-21)42-26-8-7-23(32)11-20(26)13-33/h7-8,11-12,15-17,24H,9-10,18H2,1-6H3. The molecule has 11 heteroatoms. The molecule has 1 saturated heterocycles. The Kier molecular flexibility index (Phi) is 7.50. The van der Waals surface area contributed by atoms with E-state index in [1.807, 2.05) is 44.6 Å². The second-order valence-corrected chi connectivity index (χ2v) is 13.2. The number of nitrogens with zero attached hydrogens (tertiary/aromatic N) is 7. The van der Waals surface area contributed by atoms with E-state index in [4.69, 9.17) is 9.84 Å². The van der Waals surface area contributed by atoms with Crippen LogP contribution in [0.4, 0.5) is 9.18 Å². The molecule has 1 unspecified atom stereocenters. The first-order chi connectivity index (χ1) is 19.8. The summed E-state index contributed by atoms with van der Waals surface area (Å²) >= 11 is 1.28. The zero-order valence-electron chi connectivity index (χ0n) is 24.5. The van der Waals surface area contributed by atoms with Gasteiger partial charge < -0.3 is 9.64 Å². The van der Waals surface area contributed by atoms with Crippen molar-refractivity contribution in [1.82, 2.24) is 24.3 Å². The number of ether oxygens (including phenoxy) is 1. The van der Waals surface area contributed by atoms with Gasteiger partial charge in [0, 0.05) is 44.9 Å². The van der Waals surface area contributed by atoms with Crippen LogP contribution in [0.5, 0.6) is 0 Å². The highest BCUT2D eigenvalue weighted by atomic mass is 32.2. The van der Waals surface area contributed by atoms with Crippen LogP contribution in [0, 0.1) is 35.4 Å². The average molecular weight is 586 g/mol. The van der Waals surface area contributed by atoms with Gasteiger partial charge in [0.15, 0.2) is 0 Å². The van der Waals surface area contributed by atoms with Crippen molar-refractivity contribution in [2.75, 3.05) is 6.54 Å². The van der Waals surface area contributed by atoms with E-state index < -0.39 is 11.4 Å². The van der Waals surface area contributed by atoms with Crippen LogP contribution in [0.25, 0.3) is 16.6 Å². The molecule has 1 fully saturated rings. The Morgan fingerprint density at radius 2 is 1.86 bits per heavy atom.